The molecule has 5 heteroatoms. The second-order valence-corrected chi connectivity index (χ2v) is 5.17. The minimum Gasteiger partial charge on any atom is -0.382 e. The zero-order valence-corrected chi connectivity index (χ0v) is 11.8. The molecule has 0 radical (unpaired) electrons. The standard InChI is InChI=1S/C15H10Cl2N2O/c16-10-6-5-9(7-11(10)17)15(20)14-8-18-12-3-1-2-4-13(12)19-14/h1-8,15,20H. The van der Waals surface area contributed by atoms with Crippen LogP contribution in [-0.2, 0) is 0 Å². The van der Waals surface area contributed by atoms with Crippen LogP contribution in [0, 0.1) is 0 Å². The van der Waals surface area contributed by atoms with Gasteiger partial charge in [-0.05, 0) is 29.8 Å². The van der Waals surface area contributed by atoms with Crippen LogP contribution in [0.1, 0.15) is 17.4 Å². The van der Waals surface area contributed by atoms with Gasteiger partial charge in [-0.1, -0.05) is 41.4 Å². The molecule has 100 valence electrons. The summed E-state index contributed by atoms with van der Waals surface area (Å²) in [5, 5.41) is 11.2. The number of hydrogen-bond donors (Lipinski definition) is 1. The van der Waals surface area contributed by atoms with E-state index in [1.54, 1.807) is 24.4 Å². The van der Waals surface area contributed by atoms with E-state index in [2.05, 4.69) is 9.97 Å². The SMILES string of the molecule is OC(c1ccc(Cl)c(Cl)c1)c1cnc2ccccc2n1. The molecule has 0 aliphatic heterocycles. The number of nitrogens with zero attached hydrogens (tertiary/aromatic N) is 2. The predicted octanol–water partition coefficient (Wildman–Crippen LogP) is 4.02. The maximum absolute atomic E-state index is 10.4. The summed E-state index contributed by atoms with van der Waals surface area (Å²) in [6, 6.07) is 12.5. The van der Waals surface area contributed by atoms with Gasteiger partial charge < -0.3 is 5.11 Å². The number of aliphatic hydroxyl groups excluding tert-OH is 1. The summed E-state index contributed by atoms with van der Waals surface area (Å²) in [6.45, 7) is 0. The van der Waals surface area contributed by atoms with Gasteiger partial charge in [0.15, 0.2) is 0 Å². The van der Waals surface area contributed by atoms with E-state index in [-0.39, 0.29) is 0 Å². The van der Waals surface area contributed by atoms with Crippen molar-refractivity contribution >= 4 is 34.2 Å². The monoisotopic (exact) mass is 304 g/mol. The Morgan fingerprint density at radius 3 is 2.45 bits per heavy atom. The highest BCUT2D eigenvalue weighted by molar-refractivity contribution is 6.42. The summed E-state index contributed by atoms with van der Waals surface area (Å²) < 4.78 is 0. The number of fused-ring (bicyclic) bond motifs is 1. The molecule has 0 bridgehead atoms. The van der Waals surface area contributed by atoms with Crippen molar-refractivity contribution in [2.75, 3.05) is 0 Å². The van der Waals surface area contributed by atoms with E-state index < -0.39 is 6.10 Å². The Kier molecular flexibility index (Phi) is 3.57. The van der Waals surface area contributed by atoms with Gasteiger partial charge in [-0.25, -0.2) is 4.98 Å². The zero-order valence-electron chi connectivity index (χ0n) is 10.3. The molecule has 0 aliphatic rings. The van der Waals surface area contributed by atoms with Crippen molar-refractivity contribution < 1.29 is 5.11 Å². The van der Waals surface area contributed by atoms with Crippen molar-refractivity contribution in [3.63, 3.8) is 0 Å². The van der Waals surface area contributed by atoms with E-state index in [4.69, 9.17) is 23.2 Å². The first-order chi connectivity index (χ1) is 9.65. The van der Waals surface area contributed by atoms with Crippen molar-refractivity contribution in [1.29, 1.82) is 0 Å². The van der Waals surface area contributed by atoms with Gasteiger partial charge in [0.05, 0.1) is 33.0 Å². The van der Waals surface area contributed by atoms with Crippen LogP contribution >= 0.6 is 23.2 Å². The van der Waals surface area contributed by atoms with Crippen molar-refractivity contribution in [3.05, 3.63) is 70.0 Å². The lowest BCUT2D eigenvalue weighted by atomic mass is 10.1. The van der Waals surface area contributed by atoms with Crippen LogP contribution in [0.25, 0.3) is 11.0 Å². The van der Waals surface area contributed by atoms with Gasteiger partial charge in [0.25, 0.3) is 0 Å². The van der Waals surface area contributed by atoms with Crippen molar-refractivity contribution in [1.82, 2.24) is 9.97 Å². The Labute approximate surface area is 125 Å². The zero-order chi connectivity index (χ0) is 14.1. The molecule has 0 saturated heterocycles. The molecule has 1 atom stereocenters. The van der Waals surface area contributed by atoms with Crippen LogP contribution in [0.3, 0.4) is 0 Å². The lowest BCUT2D eigenvalue weighted by Crippen LogP contribution is -2.03. The molecule has 0 amide bonds. The van der Waals surface area contributed by atoms with Gasteiger partial charge in [0, 0.05) is 0 Å². The van der Waals surface area contributed by atoms with Gasteiger partial charge in [-0.3, -0.25) is 4.98 Å². The Bertz CT molecular complexity index is 777. The highest BCUT2D eigenvalue weighted by Gasteiger charge is 2.14. The minimum absolute atomic E-state index is 0.400. The van der Waals surface area contributed by atoms with Crippen molar-refractivity contribution in [3.8, 4) is 0 Å². The molecule has 1 aromatic heterocycles. The highest BCUT2D eigenvalue weighted by atomic mass is 35.5. The van der Waals surface area contributed by atoms with Gasteiger partial charge in [-0.2, -0.15) is 0 Å². The van der Waals surface area contributed by atoms with E-state index in [9.17, 15) is 5.11 Å². The van der Waals surface area contributed by atoms with Crippen LogP contribution < -0.4 is 0 Å². The summed E-state index contributed by atoms with van der Waals surface area (Å²) in [6.07, 6.45) is 0.678. The van der Waals surface area contributed by atoms with Crippen LogP contribution in [-0.4, -0.2) is 15.1 Å². The molecule has 0 aliphatic carbocycles. The number of halogens is 2. The van der Waals surface area contributed by atoms with Crippen molar-refractivity contribution in [2.45, 2.75) is 6.10 Å². The third kappa shape index (κ3) is 2.48. The first-order valence-electron chi connectivity index (χ1n) is 6.00. The first-order valence-corrected chi connectivity index (χ1v) is 6.75. The summed E-state index contributed by atoms with van der Waals surface area (Å²) in [4.78, 5) is 8.70. The van der Waals surface area contributed by atoms with Crippen LogP contribution in [0.5, 0.6) is 0 Å². The Morgan fingerprint density at radius 2 is 1.70 bits per heavy atom. The maximum atomic E-state index is 10.4. The first kappa shape index (κ1) is 13.3. The number of hydrogen-bond acceptors (Lipinski definition) is 3. The molecular formula is C15H10Cl2N2O. The molecule has 20 heavy (non-hydrogen) atoms. The number of rotatable bonds is 2. The predicted molar refractivity (Wildman–Crippen MR) is 80.1 cm³/mol. The second kappa shape index (κ2) is 5.37. The average molecular weight is 305 g/mol. The normalized spacial score (nSPS) is 12.6. The van der Waals surface area contributed by atoms with E-state index in [0.717, 1.165) is 11.0 Å². The Morgan fingerprint density at radius 1 is 0.950 bits per heavy atom. The molecular weight excluding hydrogens is 295 g/mol. The number of aromatic nitrogens is 2. The average Bonchev–Trinajstić information content (AvgIpc) is 2.49. The van der Waals surface area contributed by atoms with Gasteiger partial charge in [0.1, 0.15) is 6.10 Å². The van der Waals surface area contributed by atoms with Crippen LogP contribution in [0.2, 0.25) is 10.0 Å². The summed E-state index contributed by atoms with van der Waals surface area (Å²) >= 11 is 11.8. The van der Waals surface area contributed by atoms with E-state index in [0.29, 0.717) is 21.3 Å². The molecule has 0 saturated carbocycles. The summed E-state index contributed by atoms with van der Waals surface area (Å²) in [5.41, 5.74) is 2.63. The lowest BCUT2D eigenvalue weighted by Gasteiger charge is -2.11. The van der Waals surface area contributed by atoms with Gasteiger partial charge >= 0.3 is 0 Å². The molecule has 0 fully saturated rings. The number of benzene rings is 2. The molecule has 1 N–H and O–H groups in total. The molecule has 1 heterocycles. The Balaban J connectivity index is 2.02. The summed E-state index contributed by atoms with van der Waals surface area (Å²) in [5.74, 6) is 0. The number of para-hydroxylation sites is 2. The van der Waals surface area contributed by atoms with Gasteiger partial charge in [0.2, 0.25) is 0 Å². The quantitative estimate of drug-likeness (QED) is 0.778. The van der Waals surface area contributed by atoms with Crippen LogP contribution in [0.15, 0.2) is 48.7 Å². The fourth-order valence-corrected chi connectivity index (χ4v) is 2.26. The molecule has 3 nitrogen and oxygen atoms in total. The molecule has 0 spiro atoms. The maximum Gasteiger partial charge on any atom is 0.123 e. The summed E-state index contributed by atoms with van der Waals surface area (Å²) in [7, 11) is 0. The topological polar surface area (TPSA) is 46.0 Å². The van der Waals surface area contributed by atoms with Gasteiger partial charge in [-0.15, -0.1) is 0 Å². The fourth-order valence-electron chi connectivity index (χ4n) is 1.96. The molecule has 2 aromatic carbocycles. The van der Waals surface area contributed by atoms with Crippen LogP contribution in [0.4, 0.5) is 0 Å². The fraction of sp³-hybridized carbons (Fsp3) is 0.0667. The van der Waals surface area contributed by atoms with E-state index >= 15 is 0 Å². The second-order valence-electron chi connectivity index (χ2n) is 4.36. The lowest BCUT2D eigenvalue weighted by molar-refractivity contribution is 0.215. The highest BCUT2D eigenvalue weighted by Crippen LogP contribution is 2.28. The minimum atomic E-state index is -0.887. The van der Waals surface area contributed by atoms with Crippen molar-refractivity contribution in [2.24, 2.45) is 0 Å². The third-order valence-electron chi connectivity index (χ3n) is 3.01. The smallest absolute Gasteiger partial charge is 0.123 e. The van der Waals surface area contributed by atoms with E-state index in [1.165, 1.54) is 0 Å². The molecule has 3 aromatic rings. The molecule has 3 rings (SSSR count). The Hall–Kier alpha value is -1.68. The third-order valence-corrected chi connectivity index (χ3v) is 3.75. The largest absolute Gasteiger partial charge is 0.382 e. The number of aliphatic hydroxyl groups is 1. The van der Waals surface area contributed by atoms with E-state index in [1.807, 2.05) is 24.3 Å². The molecule has 1 unspecified atom stereocenters.